The maximum atomic E-state index is 11.9. The molecule has 0 fully saturated rings. The first-order valence-electron chi connectivity index (χ1n) is 9.55. The fourth-order valence-corrected chi connectivity index (χ4v) is 3.69. The molecular formula is C25H23NO2. The van der Waals surface area contributed by atoms with Crippen molar-refractivity contribution in [3.8, 4) is 11.3 Å². The van der Waals surface area contributed by atoms with Crippen molar-refractivity contribution >= 4 is 16.9 Å². The molecule has 0 aliphatic carbocycles. The zero-order chi connectivity index (χ0) is 19.5. The first-order chi connectivity index (χ1) is 13.7. The van der Waals surface area contributed by atoms with E-state index in [1.54, 1.807) is 6.07 Å². The Morgan fingerprint density at radius 2 is 1.75 bits per heavy atom. The zero-order valence-corrected chi connectivity index (χ0v) is 16.2. The molecule has 28 heavy (non-hydrogen) atoms. The van der Waals surface area contributed by atoms with Gasteiger partial charge < -0.3 is 9.72 Å². The number of fused-ring (bicyclic) bond motifs is 1. The number of carbonyl (C=O) groups excluding carboxylic acids is 1. The minimum Gasteiger partial charge on any atom is -0.465 e. The molecule has 0 aliphatic rings. The van der Waals surface area contributed by atoms with E-state index in [9.17, 15) is 4.79 Å². The van der Waals surface area contributed by atoms with Crippen LogP contribution >= 0.6 is 0 Å². The van der Waals surface area contributed by atoms with Gasteiger partial charge in [-0.2, -0.15) is 0 Å². The normalized spacial score (nSPS) is 10.9. The number of aromatic nitrogens is 1. The number of H-pyrrole nitrogens is 1. The number of esters is 1. The Bertz CT molecular complexity index is 1130. The van der Waals surface area contributed by atoms with Crippen molar-refractivity contribution in [2.75, 3.05) is 7.11 Å². The van der Waals surface area contributed by atoms with Crippen LogP contribution in [0, 0.1) is 0 Å². The maximum Gasteiger partial charge on any atom is 0.337 e. The van der Waals surface area contributed by atoms with Gasteiger partial charge in [-0.3, -0.25) is 0 Å². The highest BCUT2D eigenvalue weighted by Crippen LogP contribution is 2.33. The molecule has 0 atom stereocenters. The Kier molecular flexibility index (Phi) is 4.98. The molecule has 0 bridgehead atoms. The standard InChI is InChI=1S/C25H23NO2/c1-3-17-12-13-21-22(15-18-8-7-11-20(14-18)25(27)28-2)24(26-23(21)16-17)19-9-5-4-6-10-19/h4-14,16,26H,3,15H2,1-2H3. The molecule has 0 saturated carbocycles. The number of aryl methyl sites for hydroxylation is 1. The number of methoxy groups -OCH3 is 1. The predicted molar refractivity (Wildman–Crippen MR) is 114 cm³/mol. The lowest BCUT2D eigenvalue weighted by Gasteiger charge is -2.07. The van der Waals surface area contributed by atoms with Crippen molar-refractivity contribution in [2.24, 2.45) is 0 Å². The Balaban J connectivity index is 1.84. The van der Waals surface area contributed by atoms with Gasteiger partial charge in [0.15, 0.2) is 0 Å². The predicted octanol–water partition coefficient (Wildman–Crippen LogP) is 5.77. The molecule has 4 aromatic rings. The van der Waals surface area contributed by atoms with Crippen LogP contribution in [0.4, 0.5) is 0 Å². The molecule has 1 N–H and O–H groups in total. The summed E-state index contributed by atoms with van der Waals surface area (Å²) in [5.74, 6) is -0.309. The fourth-order valence-electron chi connectivity index (χ4n) is 3.69. The van der Waals surface area contributed by atoms with E-state index in [1.807, 2.05) is 18.2 Å². The van der Waals surface area contributed by atoms with E-state index in [4.69, 9.17) is 4.74 Å². The SMILES string of the molecule is CCc1ccc2c(Cc3cccc(C(=O)OC)c3)c(-c3ccccc3)[nH]c2c1. The van der Waals surface area contributed by atoms with Gasteiger partial charge in [0.25, 0.3) is 0 Å². The van der Waals surface area contributed by atoms with Gasteiger partial charge in [0.2, 0.25) is 0 Å². The highest BCUT2D eigenvalue weighted by atomic mass is 16.5. The number of nitrogens with one attached hydrogen (secondary N) is 1. The number of ether oxygens (including phenoxy) is 1. The second-order valence-corrected chi connectivity index (χ2v) is 6.95. The largest absolute Gasteiger partial charge is 0.465 e. The summed E-state index contributed by atoms with van der Waals surface area (Å²) in [6.45, 7) is 2.17. The van der Waals surface area contributed by atoms with E-state index in [0.717, 1.165) is 35.2 Å². The van der Waals surface area contributed by atoms with Gasteiger partial charge in [-0.15, -0.1) is 0 Å². The zero-order valence-electron chi connectivity index (χ0n) is 16.2. The number of benzene rings is 3. The molecule has 0 spiro atoms. The van der Waals surface area contributed by atoms with Crippen LogP contribution in [0.1, 0.15) is 34.0 Å². The Labute approximate surface area is 165 Å². The highest BCUT2D eigenvalue weighted by Gasteiger charge is 2.15. The summed E-state index contributed by atoms with van der Waals surface area (Å²) < 4.78 is 4.87. The van der Waals surface area contributed by atoms with Crippen molar-refractivity contribution in [3.05, 3.63) is 95.1 Å². The van der Waals surface area contributed by atoms with Crippen LogP contribution in [-0.2, 0) is 17.6 Å². The third-order valence-electron chi connectivity index (χ3n) is 5.17. The highest BCUT2D eigenvalue weighted by molar-refractivity contribution is 5.92. The third-order valence-corrected chi connectivity index (χ3v) is 5.17. The molecule has 140 valence electrons. The molecule has 1 heterocycles. The van der Waals surface area contributed by atoms with Gasteiger partial charge in [0.1, 0.15) is 0 Å². The molecule has 0 saturated heterocycles. The maximum absolute atomic E-state index is 11.9. The van der Waals surface area contributed by atoms with Gasteiger partial charge in [0, 0.05) is 17.3 Å². The fraction of sp³-hybridized carbons (Fsp3) is 0.160. The molecule has 0 amide bonds. The summed E-state index contributed by atoms with van der Waals surface area (Å²) in [5, 5.41) is 1.22. The summed E-state index contributed by atoms with van der Waals surface area (Å²) in [7, 11) is 1.41. The first kappa shape index (κ1) is 18.1. The lowest BCUT2D eigenvalue weighted by molar-refractivity contribution is 0.0600. The molecular weight excluding hydrogens is 346 g/mol. The van der Waals surface area contributed by atoms with Crippen molar-refractivity contribution in [1.82, 2.24) is 4.98 Å². The molecule has 0 unspecified atom stereocenters. The molecule has 3 aromatic carbocycles. The van der Waals surface area contributed by atoms with Gasteiger partial charge in [-0.05, 0) is 46.9 Å². The van der Waals surface area contributed by atoms with Gasteiger partial charge in [-0.1, -0.05) is 61.5 Å². The Hall–Kier alpha value is -3.33. The second kappa shape index (κ2) is 7.73. The van der Waals surface area contributed by atoms with Crippen LogP contribution in [0.5, 0.6) is 0 Å². The van der Waals surface area contributed by atoms with Crippen LogP contribution in [0.2, 0.25) is 0 Å². The average Bonchev–Trinajstić information content (AvgIpc) is 3.11. The Morgan fingerprint density at radius 3 is 2.50 bits per heavy atom. The third kappa shape index (κ3) is 3.44. The van der Waals surface area contributed by atoms with Crippen molar-refractivity contribution in [2.45, 2.75) is 19.8 Å². The topological polar surface area (TPSA) is 42.1 Å². The van der Waals surface area contributed by atoms with E-state index >= 15 is 0 Å². The lowest BCUT2D eigenvalue weighted by atomic mass is 9.97. The summed E-state index contributed by atoms with van der Waals surface area (Å²) >= 11 is 0. The van der Waals surface area contributed by atoms with E-state index in [0.29, 0.717) is 5.56 Å². The van der Waals surface area contributed by atoms with Gasteiger partial charge in [0.05, 0.1) is 18.4 Å². The minimum absolute atomic E-state index is 0.309. The number of rotatable bonds is 5. The van der Waals surface area contributed by atoms with Gasteiger partial charge in [-0.25, -0.2) is 4.79 Å². The van der Waals surface area contributed by atoms with E-state index in [2.05, 4.69) is 60.4 Å². The molecule has 3 nitrogen and oxygen atoms in total. The average molecular weight is 369 g/mol. The van der Waals surface area contributed by atoms with Crippen LogP contribution in [-0.4, -0.2) is 18.1 Å². The number of aromatic amines is 1. The smallest absolute Gasteiger partial charge is 0.337 e. The molecule has 4 rings (SSSR count). The molecule has 0 aliphatic heterocycles. The van der Waals surface area contributed by atoms with E-state index in [-0.39, 0.29) is 5.97 Å². The van der Waals surface area contributed by atoms with E-state index < -0.39 is 0 Å². The number of carbonyl (C=O) groups is 1. The van der Waals surface area contributed by atoms with Crippen molar-refractivity contribution in [1.29, 1.82) is 0 Å². The monoisotopic (exact) mass is 369 g/mol. The second-order valence-electron chi connectivity index (χ2n) is 6.95. The van der Waals surface area contributed by atoms with Crippen LogP contribution in [0.25, 0.3) is 22.2 Å². The Morgan fingerprint density at radius 1 is 0.929 bits per heavy atom. The first-order valence-corrected chi connectivity index (χ1v) is 9.55. The minimum atomic E-state index is -0.309. The number of hydrogen-bond donors (Lipinski definition) is 1. The summed E-state index contributed by atoms with van der Waals surface area (Å²) in [6, 6.07) is 24.7. The van der Waals surface area contributed by atoms with Crippen molar-refractivity contribution < 1.29 is 9.53 Å². The lowest BCUT2D eigenvalue weighted by Crippen LogP contribution is -2.02. The van der Waals surface area contributed by atoms with Crippen LogP contribution in [0.15, 0.2) is 72.8 Å². The summed E-state index contributed by atoms with van der Waals surface area (Å²) in [6.07, 6.45) is 1.74. The van der Waals surface area contributed by atoms with Crippen LogP contribution < -0.4 is 0 Å². The summed E-state index contributed by atoms with van der Waals surface area (Å²) in [4.78, 5) is 15.5. The van der Waals surface area contributed by atoms with Crippen LogP contribution in [0.3, 0.4) is 0 Å². The quantitative estimate of drug-likeness (QED) is 0.453. The van der Waals surface area contributed by atoms with E-state index in [1.165, 1.54) is 23.6 Å². The summed E-state index contributed by atoms with van der Waals surface area (Å²) in [5.41, 5.74) is 7.66. The number of hydrogen-bond acceptors (Lipinski definition) is 2. The molecule has 3 heteroatoms. The van der Waals surface area contributed by atoms with Crippen molar-refractivity contribution in [3.63, 3.8) is 0 Å². The molecule has 0 radical (unpaired) electrons. The van der Waals surface area contributed by atoms with Gasteiger partial charge >= 0.3 is 5.97 Å². The molecule has 1 aromatic heterocycles.